The summed E-state index contributed by atoms with van der Waals surface area (Å²) in [5.41, 5.74) is 0. The second-order valence-corrected chi connectivity index (χ2v) is 8.22. The van der Waals surface area contributed by atoms with E-state index in [0.29, 0.717) is 6.29 Å². The van der Waals surface area contributed by atoms with Crippen molar-refractivity contribution in [3.8, 4) is 0 Å². The third-order valence-corrected chi connectivity index (χ3v) is 6.18. The van der Waals surface area contributed by atoms with Gasteiger partial charge in [0, 0.05) is 0 Å². The zero-order chi connectivity index (χ0) is 15.5. The lowest BCUT2D eigenvalue weighted by Gasteiger charge is -2.06. The van der Waals surface area contributed by atoms with Crippen LogP contribution in [-0.2, 0) is 24.5 Å². The number of benzene rings is 2. The molecule has 2 rings (SSSR count). The van der Waals surface area contributed by atoms with Crippen LogP contribution in [0.4, 0.5) is 0 Å². The molecule has 0 heterocycles. The average molecular weight is 324 g/mol. The van der Waals surface area contributed by atoms with Gasteiger partial charge in [0.15, 0.2) is 9.84 Å². The molecular weight excluding hydrogens is 312 g/mol. The van der Waals surface area contributed by atoms with Crippen LogP contribution in [0.25, 0.3) is 0 Å². The Morgan fingerprint density at radius 1 is 0.714 bits per heavy atom. The van der Waals surface area contributed by atoms with Gasteiger partial charge in [-0.3, -0.25) is 0 Å². The van der Waals surface area contributed by atoms with E-state index >= 15 is 0 Å². The summed E-state index contributed by atoms with van der Waals surface area (Å²) in [5, 5.41) is 0. The summed E-state index contributed by atoms with van der Waals surface area (Å²) in [6.45, 7) is 0. The number of hydrogen-bond acceptors (Lipinski definition) is 5. The van der Waals surface area contributed by atoms with E-state index in [4.69, 9.17) is 0 Å². The van der Waals surface area contributed by atoms with E-state index in [-0.39, 0.29) is 14.7 Å². The maximum Gasteiger partial charge on any atom is 0.206 e. The lowest BCUT2D eigenvalue weighted by Crippen LogP contribution is -2.08. The molecule has 110 valence electrons. The smallest absolute Gasteiger partial charge is 0.206 e. The molecule has 0 bridgehead atoms. The van der Waals surface area contributed by atoms with Gasteiger partial charge in [0.25, 0.3) is 0 Å². The molecule has 5 nitrogen and oxygen atoms in total. The molecule has 0 aromatic heterocycles. The Morgan fingerprint density at radius 3 is 1.71 bits per heavy atom. The molecule has 0 atom stereocenters. The van der Waals surface area contributed by atoms with Crippen molar-refractivity contribution in [3.63, 3.8) is 0 Å². The van der Waals surface area contributed by atoms with Crippen molar-refractivity contribution < 1.29 is 21.6 Å². The molecule has 0 aliphatic carbocycles. The monoisotopic (exact) mass is 324 g/mol. The van der Waals surface area contributed by atoms with Gasteiger partial charge in [0.05, 0.1) is 14.7 Å². The van der Waals surface area contributed by atoms with E-state index in [1.54, 1.807) is 18.2 Å². The number of carbonyl (C=O) groups is 1. The number of aldehydes is 1. The van der Waals surface area contributed by atoms with Crippen molar-refractivity contribution in [2.24, 2.45) is 0 Å². The quantitative estimate of drug-likeness (QED) is 0.778. The first kappa shape index (κ1) is 15.4. The van der Waals surface area contributed by atoms with E-state index in [2.05, 4.69) is 0 Å². The molecular formula is C14H12O5S2. The molecule has 0 amide bonds. The molecule has 0 fully saturated rings. The fourth-order valence-electron chi connectivity index (χ4n) is 1.75. The topological polar surface area (TPSA) is 85.3 Å². The highest BCUT2D eigenvalue weighted by molar-refractivity contribution is 7.92. The summed E-state index contributed by atoms with van der Waals surface area (Å²) < 4.78 is 48.0. The highest BCUT2D eigenvalue weighted by atomic mass is 32.2. The van der Waals surface area contributed by atoms with Crippen LogP contribution in [0.3, 0.4) is 0 Å². The Kier molecular flexibility index (Phi) is 4.24. The average Bonchev–Trinajstić information content (AvgIpc) is 2.48. The molecule has 0 N–H and O–H groups in total. The summed E-state index contributed by atoms with van der Waals surface area (Å²) in [6.07, 6.45) is 0.296. The molecule has 0 saturated carbocycles. The van der Waals surface area contributed by atoms with Crippen molar-refractivity contribution in [2.75, 3.05) is 5.75 Å². The van der Waals surface area contributed by atoms with Crippen LogP contribution in [-0.4, -0.2) is 28.9 Å². The first-order valence-corrected chi connectivity index (χ1v) is 9.08. The van der Waals surface area contributed by atoms with Crippen molar-refractivity contribution in [1.29, 1.82) is 0 Å². The van der Waals surface area contributed by atoms with Crippen LogP contribution >= 0.6 is 0 Å². The maximum absolute atomic E-state index is 12.3. The minimum absolute atomic E-state index is 0.00115. The van der Waals surface area contributed by atoms with Gasteiger partial charge in [-0.25, -0.2) is 16.8 Å². The molecule has 0 radical (unpaired) electrons. The zero-order valence-corrected chi connectivity index (χ0v) is 12.5. The minimum atomic E-state index is -3.70. The zero-order valence-electron chi connectivity index (χ0n) is 10.8. The largest absolute Gasteiger partial charge is 0.302 e. The summed E-state index contributed by atoms with van der Waals surface area (Å²) >= 11 is 0. The molecule has 0 unspecified atom stereocenters. The molecule has 0 spiro atoms. The van der Waals surface area contributed by atoms with Crippen LogP contribution in [0.2, 0.25) is 0 Å². The SMILES string of the molecule is O=CCS(=O)(=O)c1ccc(S(=O)(=O)c2ccccc2)cc1. The van der Waals surface area contributed by atoms with Crippen LogP contribution in [0.1, 0.15) is 0 Å². The third kappa shape index (κ3) is 3.20. The van der Waals surface area contributed by atoms with E-state index in [9.17, 15) is 21.6 Å². The summed E-state index contributed by atoms with van der Waals surface area (Å²) in [7, 11) is -7.38. The van der Waals surface area contributed by atoms with Gasteiger partial charge in [-0.2, -0.15) is 0 Å². The van der Waals surface area contributed by atoms with E-state index in [1.807, 2.05) is 0 Å². The molecule has 21 heavy (non-hydrogen) atoms. The summed E-state index contributed by atoms with van der Waals surface area (Å²) in [4.78, 5) is 10.4. The minimum Gasteiger partial charge on any atom is -0.302 e. The van der Waals surface area contributed by atoms with E-state index in [1.165, 1.54) is 36.4 Å². The molecule has 0 aliphatic rings. The number of sulfone groups is 2. The molecule has 2 aromatic rings. The Bertz CT molecular complexity index is 836. The van der Waals surface area contributed by atoms with Gasteiger partial charge in [-0.05, 0) is 36.4 Å². The Hall–Kier alpha value is -1.99. The highest BCUT2D eigenvalue weighted by Crippen LogP contribution is 2.22. The van der Waals surface area contributed by atoms with Crippen LogP contribution in [0.15, 0.2) is 69.3 Å². The number of hydrogen-bond donors (Lipinski definition) is 0. The van der Waals surface area contributed by atoms with Gasteiger partial charge in [-0.15, -0.1) is 0 Å². The van der Waals surface area contributed by atoms with Gasteiger partial charge in [-0.1, -0.05) is 18.2 Å². The van der Waals surface area contributed by atoms with Crippen LogP contribution in [0.5, 0.6) is 0 Å². The summed E-state index contributed by atoms with van der Waals surface area (Å²) in [6, 6.07) is 12.7. The number of carbonyl (C=O) groups excluding carboxylic acids is 1. The second-order valence-electron chi connectivity index (χ2n) is 4.24. The van der Waals surface area contributed by atoms with Crippen LogP contribution < -0.4 is 0 Å². The Labute approximate surface area is 123 Å². The highest BCUT2D eigenvalue weighted by Gasteiger charge is 2.19. The molecule has 2 aromatic carbocycles. The molecule has 0 saturated heterocycles. The van der Waals surface area contributed by atoms with Gasteiger partial charge < -0.3 is 4.79 Å². The van der Waals surface area contributed by atoms with E-state index < -0.39 is 25.4 Å². The van der Waals surface area contributed by atoms with E-state index in [0.717, 1.165) is 0 Å². The predicted octanol–water partition coefficient (Wildman–Crippen LogP) is 1.49. The van der Waals surface area contributed by atoms with Crippen molar-refractivity contribution in [3.05, 3.63) is 54.6 Å². The summed E-state index contributed by atoms with van der Waals surface area (Å²) in [5.74, 6) is -0.627. The lowest BCUT2D eigenvalue weighted by molar-refractivity contribution is -0.105. The fraction of sp³-hybridized carbons (Fsp3) is 0.0714. The second kappa shape index (κ2) is 5.79. The maximum atomic E-state index is 12.3. The normalized spacial score (nSPS) is 12.0. The van der Waals surface area contributed by atoms with Gasteiger partial charge >= 0.3 is 0 Å². The Balaban J connectivity index is 2.43. The van der Waals surface area contributed by atoms with Crippen molar-refractivity contribution in [2.45, 2.75) is 14.7 Å². The fourth-order valence-corrected chi connectivity index (χ4v) is 3.95. The van der Waals surface area contributed by atoms with Gasteiger partial charge in [0.1, 0.15) is 12.0 Å². The molecule has 7 heteroatoms. The number of rotatable bonds is 5. The van der Waals surface area contributed by atoms with Crippen molar-refractivity contribution in [1.82, 2.24) is 0 Å². The third-order valence-electron chi connectivity index (χ3n) is 2.83. The van der Waals surface area contributed by atoms with Gasteiger partial charge in [0.2, 0.25) is 9.84 Å². The standard InChI is InChI=1S/C14H12O5S2/c15-10-11-20(16,17)12-6-8-14(9-7-12)21(18,19)13-4-2-1-3-5-13/h1-10H,11H2. The predicted molar refractivity (Wildman–Crippen MR) is 76.5 cm³/mol. The van der Waals surface area contributed by atoms with Crippen LogP contribution in [0, 0.1) is 0 Å². The first-order valence-electron chi connectivity index (χ1n) is 5.94. The van der Waals surface area contributed by atoms with Crippen molar-refractivity contribution >= 4 is 26.0 Å². The lowest BCUT2D eigenvalue weighted by atomic mass is 10.4. The Morgan fingerprint density at radius 2 is 1.19 bits per heavy atom. The molecule has 0 aliphatic heterocycles. The first-order chi connectivity index (χ1) is 9.88.